The Morgan fingerprint density at radius 1 is 1.29 bits per heavy atom. The van der Waals surface area contributed by atoms with E-state index in [1.807, 2.05) is 0 Å². The Morgan fingerprint density at radius 2 is 1.95 bits per heavy atom. The van der Waals surface area contributed by atoms with Crippen LogP contribution in [0.2, 0.25) is 0 Å². The number of nitrogens with zero attached hydrogens (tertiary/aromatic N) is 3. The van der Waals surface area contributed by atoms with E-state index in [-0.39, 0.29) is 11.5 Å². The lowest BCUT2D eigenvalue weighted by atomic mass is 10.0. The van der Waals surface area contributed by atoms with E-state index in [9.17, 15) is 17.6 Å². The third-order valence-corrected chi connectivity index (χ3v) is 2.83. The molecule has 0 saturated heterocycles. The van der Waals surface area contributed by atoms with Crippen molar-refractivity contribution < 1.29 is 17.6 Å². The van der Waals surface area contributed by atoms with Crippen LogP contribution in [-0.2, 0) is 6.18 Å². The number of alkyl halides is 3. The average Bonchev–Trinajstić information content (AvgIpc) is 2.67. The predicted octanol–water partition coefficient (Wildman–Crippen LogP) is 3.12. The van der Waals surface area contributed by atoms with Gasteiger partial charge in [0, 0.05) is 5.56 Å². The number of halogens is 4. The van der Waals surface area contributed by atoms with Crippen LogP contribution in [0.4, 0.5) is 23.5 Å². The first-order valence-corrected chi connectivity index (χ1v) is 5.92. The minimum Gasteiger partial charge on any atom is -0.368 e. The Kier molecular flexibility index (Phi) is 3.71. The first-order valence-electron chi connectivity index (χ1n) is 5.92. The van der Waals surface area contributed by atoms with Crippen LogP contribution < -0.4 is 5.73 Å². The molecule has 0 aliphatic heterocycles. The number of aryl methyl sites for hydroxylation is 2. The van der Waals surface area contributed by atoms with Crippen LogP contribution in [-0.4, -0.2) is 15.9 Å². The molecular formula is C13H12F4N4. The van der Waals surface area contributed by atoms with Crippen LogP contribution in [0.3, 0.4) is 0 Å². The molecule has 8 heteroatoms. The maximum Gasteiger partial charge on any atom is 0.417 e. The Labute approximate surface area is 117 Å². The molecule has 0 aliphatic carbocycles. The molecule has 0 atom stereocenters. The summed E-state index contributed by atoms with van der Waals surface area (Å²) in [6.45, 7) is 2.91. The minimum atomic E-state index is -4.68. The maximum absolute atomic E-state index is 13.7. The van der Waals surface area contributed by atoms with Gasteiger partial charge in [0.1, 0.15) is 5.82 Å². The molecule has 112 valence electrons. The standard InChI is InChI=1S/C13H12F4N4/c1-7-3-4-10(14)9(11(7)13(15,16)17)5-19-21-6-8(2)20-12(21)18/h3-6H,1-2H3,(H2,18,20). The van der Waals surface area contributed by atoms with E-state index < -0.39 is 23.1 Å². The van der Waals surface area contributed by atoms with Gasteiger partial charge >= 0.3 is 6.18 Å². The second-order valence-electron chi connectivity index (χ2n) is 4.48. The largest absolute Gasteiger partial charge is 0.417 e. The van der Waals surface area contributed by atoms with E-state index >= 15 is 0 Å². The second kappa shape index (κ2) is 5.19. The monoisotopic (exact) mass is 300 g/mol. The highest BCUT2D eigenvalue weighted by Gasteiger charge is 2.36. The zero-order valence-corrected chi connectivity index (χ0v) is 11.2. The fraction of sp³-hybridized carbons (Fsp3) is 0.231. The second-order valence-corrected chi connectivity index (χ2v) is 4.48. The Morgan fingerprint density at radius 3 is 2.48 bits per heavy atom. The molecule has 2 N–H and O–H groups in total. The number of nitrogen functional groups attached to an aromatic ring is 1. The van der Waals surface area contributed by atoms with Gasteiger partial charge in [-0.1, -0.05) is 6.07 Å². The van der Waals surface area contributed by atoms with Crippen LogP contribution in [0, 0.1) is 19.7 Å². The molecule has 2 rings (SSSR count). The van der Waals surface area contributed by atoms with Crippen molar-refractivity contribution in [3.63, 3.8) is 0 Å². The summed E-state index contributed by atoms with van der Waals surface area (Å²) in [6.07, 6.45) is -2.46. The summed E-state index contributed by atoms with van der Waals surface area (Å²) >= 11 is 0. The molecule has 1 aromatic carbocycles. The molecule has 0 radical (unpaired) electrons. The van der Waals surface area contributed by atoms with E-state index in [1.165, 1.54) is 13.1 Å². The SMILES string of the molecule is Cc1cn(N=Cc2c(F)ccc(C)c2C(F)(F)F)c(N)n1. The molecule has 0 aliphatic rings. The first-order chi connectivity index (χ1) is 9.70. The van der Waals surface area contributed by atoms with Crippen molar-refractivity contribution in [2.24, 2.45) is 5.10 Å². The van der Waals surface area contributed by atoms with Crippen LogP contribution >= 0.6 is 0 Å². The van der Waals surface area contributed by atoms with Crippen molar-refractivity contribution in [1.29, 1.82) is 0 Å². The summed E-state index contributed by atoms with van der Waals surface area (Å²) in [5, 5.41) is 3.74. The quantitative estimate of drug-likeness (QED) is 0.684. The molecular weight excluding hydrogens is 288 g/mol. The van der Waals surface area contributed by atoms with Gasteiger partial charge < -0.3 is 5.73 Å². The number of aromatic nitrogens is 2. The summed E-state index contributed by atoms with van der Waals surface area (Å²) in [7, 11) is 0. The highest BCUT2D eigenvalue weighted by atomic mass is 19.4. The molecule has 21 heavy (non-hydrogen) atoms. The number of nitrogens with two attached hydrogens (primary N) is 1. The average molecular weight is 300 g/mol. The van der Waals surface area contributed by atoms with E-state index in [1.54, 1.807) is 6.92 Å². The van der Waals surface area contributed by atoms with Crippen molar-refractivity contribution in [3.8, 4) is 0 Å². The van der Waals surface area contributed by atoms with Crippen LogP contribution in [0.15, 0.2) is 23.4 Å². The molecule has 2 aromatic rings. The fourth-order valence-corrected chi connectivity index (χ4v) is 1.92. The smallest absolute Gasteiger partial charge is 0.368 e. The number of imidazole rings is 1. The van der Waals surface area contributed by atoms with Gasteiger partial charge in [-0.15, -0.1) is 0 Å². The van der Waals surface area contributed by atoms with Crippen molar-refractivity contribution >= 4 is 12.2 Å². The van der Waals surface area contributed by atoms with Crippen molar-refractivity contribution in [1.82, 2.24) is 9.66 Å². The number of anilines is 1. The van der Waals surface area contributed by atoms with Gasteiger partial charge in [-0.05, 0) is 25.5 Å². The van der Waals surface area contributed by atoms with Gasteiger partial charge in [-0.3, -0.25) is 0 Å². The Bertz CT molecular complexity index is 701. The predicted molar refractivity (Wildman–Crippen MR) is 70.5 cm³/mol. The van der Waals surface area contributed by atoms with E-state index in [0.29, 0.717) is 5.69 Å². The van der Waals surface area contributed by atoms with Crippen LogP contribution in [0.5, 0.6) is 0 Å². The van der Waals surface area contributed by atoms with E-state index in [4.69, 9.17) is 5.73 Å². The fourth-order valence-electron chi connectivity index (χ4n) is 1.92. The Hall–Kier alpha value is -2.38. The lowest BCUT2D eigenvalue weighted by molar-refractivity contribution is -0.138. The minimum absolute atomic E-state index is 0.00497. The van der Waals surface area contributed by atoms with E-state index in [2.05, 4.69) is 10.1 Å². The summed E-state index contributed by atoms with van der Waals surface area (Å²) in [6, 6.07) is 2.04. The van der Waals surface area contributed by atoms with Crippen molar-refractivity contribution in [2.45, 2.75) is 20.0 Å². The summed E-state index contributed by atoms with van der Waals surface area (Å²) in [4.78, 5) is 3.85. The topological polar surface area (TPSA) is 56.2 Å². The molecule has 0 amide bonds. The zero-order valence-electron chi connectivity index (χ0n) is 11.2. The summed E-state index contributed by atoms with van der Waals surface area (Å²) < 4.78 is 53.9. The molecule has 1 aromatic heterocycles. The number of hydrogen-bond acceptors (Lipinski definition) is 3. The third-order valence-electron chi connectivity index (χ3n) is 2.83. The normalized spacial score (nSPS) is 12.3. The van der Waals surface area contributed by atoms with Crippen molar-refractivity contribution in [2.75, 3.05) is 5.73 Å². The summed E-state index contributed by atoms with van der Waals surface area (Å²) in [5.41, 5.74) is 4.30. The zero-order chi connectivity index (χ0) is 15.8. The highest BCUT2D eigenvalue weighted by Crippen LogP contribution is 2.34. The van der Waals surface area contributed by atoms with Crippen LogP contribution in [0.25, 0.3) is 0 Å². The van der Waals surface area contributed by atoms with Gasteiger partial charge in [0.05, 0.1) is 23.7 Å². The number of hydrogen-bond donors (Lipinski definition) is 1. The van der Waals surface area contributed by atoms with Gasteiger partial charge in [0.25, 0.3) is 0 Å². The molecule has 0 unspecified atom stereocenters. The van der Waals surface area contributed by atoms with Gasteiger partial charge in [-0.2, -0.15) is 18.3 Å². The Balaban J connectivity index is 2.54. The highest BCUT2D eigenvalue weighted by molar-refractivity contribution is 5.83. The molecule has 1 heterocycles. The molecule has 0 fully saturated rings. The van der Waals surface area contributed by atoms with Crippen LogP contribution in [0.1, 0.15) is 22.4 Å². The third kappa shape index (κ3) is 3.04. The lowest BCUT2D eigenvalue weighted by Crippen LogP contribution is -2.13. The molecule has 4 nitrogen and oxygen atoms in total. The number of rotatable bonds is 2. The van der Waals surface area contributed by atoms with Crippen molar-refractivity contribution in [3.05, 3.63) is 46.5 Å². The van der Waals surface area contributed by atoms with Gasteiger partial charge in [0.15, 0.2) is 0 Å². The summed E-state index contributed by atoms with van der Waals surface area (Å²) in [5.74, 6) is -1.00. The number of benzene rings is 1. The molecule has 0 saturated carbocycles. The lowest BCUT2D eigenvalue weighted by Gasteiger charge is -2.13. The van der Waals surface area contributed by atoms with Gasteiger partial charge in [-0.25, -0.2) is 14.1 Å². The molecule has 0 spiro atoms. The maximum atomic E-state index is 13.7. The van der Waals surface area contributed by atoms with Gasteiger partial charge in [0.2, 0.25) is 5.95 Å². The molecule has 0 bridgehead atoms. The first kappa shape index (κ1) is 15.0. The van der Waals surface area contributed by atoms with E-state index in [0.717, 1.165) is 23.0 Å².